The molecule has 1 aromatic carbocycles. The highest BCUT2D eigenvalue weighted by Gasteiger charge is 2.21. The molecule has 1 heterocycles. The number of nitrogens with one attached hydrogen (secondary N) is 2. The fourth-order valence-electron chi connectivity index (χ4n) is 1.93. The van der Waals surface area contributed by atoms with E-state index in [2.05, 4.69) is 20.3 Å². The van der Waals surface area contributed by atoms with E-state index in [9.17, 15) is 9.59 Å². The summed E-state index contributed by atoms with van der Waals surface area (Å²) in [5.74, 6) is -0.196. The molecule has 2 aromatic rings. The smallest absolute Gasteiger partial charge is 0.328 e. The van der Waals surface area contributed by atoms with Gasteiger partial charge in [0.1, 0.15) is 24.1 Å². The molecule has 0 radical (unpaired) electrons. The van der Waals surface area contributed by atoms with Crippen molar-refractivity contribution >= 4 is 11.9 Å². The van der Waals surface area contributed by atoms with Crippen LogP contribution in [0.1, 0.15) is 29.5 Å². The van der Waals surface area contributed by atoms with Crippen molar-refractivity contribution in [2.24, 2.45) is 0 Å². The van der Waals surface area contributed by atoms with E-state index in [1.54, 1.807) is 13.0 Å². The molecule has 7 nitrogen and oxygen atoms in total. The Morgan fingerprint density at radius 3 is 2.70 bits per heavy atom. The van der Waals surface area contributed by atoms with Crippen LogP contribution in [0.15, 0.2) is 36.4 Å². The summed E-state index contributed by atoms with van der Waals surface area (Å²) < 4.78 is 10.2. The summed E-state index contributed by atoms with van der Waals surface area (Å²) >= 11 is 0. The third kappa shape index (κ3) is 4.57. The number of esters is 1. The van der Waals surface area contributed by atoms with Crippen molar-refractivity contribution < 1.29 is 19.1 Å². The van der Waals surface area contributed by atoms with Crippen molar-refractivity contribution in [1.29, 1.82) is 0 Å². The third-order valence-corrected chi connectivity index (χ3v) is 3.20. The second kappa shape index (κ2) is 7.98. The van der Waals surface area contributed by atoms with Gasteiger partial charge in [-0.1, -0.05) is 25.1 Å². The lowest BCUT2D eigenvalue weighted by Gasteiger charge is -2.13. The Bertz CT molecular complexity index is 654. The summed E-state index contributed by atoms with van der Waals surface area (Å²) in [6.45, 7) is 2.05. The van der Waals surface area contributed by atoms with Gasteiger partial charge in [-0.05, 0) is 24.6 Å². The minimum absolute atomic E-state index is 0.194. The van der Waals surface area contributed by atoms with Crippen LogP contribution < -0.4 is 10.1 Å². The molecule has 0 aliphatic rings. The molecule has 0 saturated carbocycles. The van der Waals surface area contributed by atoms with Crippen molar-refractivity contribution in [2.45, 2.75) is 26.0 Å². The minimum Gasteiger partial charge on any atom is -0.487 e. The van der Waals surface area contributed by atoms with Gasteiger partial charge < -0.3 is 14.8 Å². The molecule has 2 rings (SSSR count). The number of aromatic amines is 1. The van der Waals surface area contributed by atoms with Crippen LogP contribution in [0.2, 0.25) is 0 Å². The lowest BCUT2D eigenvalue weighted by molar-refractivity contribution is -0.142. The van der Waals surface area contributed by atoms with E-state index in [0.717, 1.165) is 5.75 Å². The molecular weight excluding hydrogens is 298 g/mol. The number of aromatic nitrogens is 2. The van der Waals surface area contributed by atoms with Crippen molar-refractivity contribution in [3.05, 3.63) is 47.8 Å². The highest BCUT2D eigenvalue weighted by Crippen LogP contribution is 2.11. The second-order valence-electron chi connectivity index (χ2n) is 4.84. The highest BCUT2D eigenvalue weighted by molar-refractivity contribution is 5.95. The average Bonchev–Trinajstić information content (AvgIpc) is 3.07. The lowest BCUT2D eigenvalue weighted by Crippen LogP contribution is -2.41. The molecule has 23 heavy (non-hydrogen) atoms. The zero-order valence-corrected chi connectivity index (χ0v) is 13.0. The van der Waals surface area contributed by atoms with E-state index >= 15 is 0 Å². The number of benzene rings is 1. The molecule has 0 bridgehead atoms. The summed E-state index contributed by atoms with van der Waals surface area (Å²) in [5, 5.41) is 9.26. The van der Waals surface area contributed by atoms with Crippen molar-refractivity contribution in [3.63, 3.8) is 0 Å². The third-order valence-electron chi connectivity index (χ3n) is 3.20. The molecule has 1 atom stereocenters. The van der Waals surface area contributed by atoms with Crippen LogP contribution in [0, 0.1) is 0 Å². The summed E-state index contributed by atoms with van der Waals surface area (Å²) in [4.78, 5) is 23.6. The van der Waals surface area contributed by atoms with E-state index in [0.29, 0.717) is 12.1 Å². The minimum atomic E-state index is -0.687. The predicted molar refractivity (Wildman–Crippen MR) is 82.9 cm³/mol. The van der Waals surface area contributed by atoms with Gasteiger partial charge in [-0.2, -0.15) is 5.10 Å². The van der Waals surface area contributed by atoms with Crippen molar-refractivity contribution in [2.75, 3.05) is 7.11 Å². The van der Waals surface area contributed by atoms with Crippen molar-refractivity contribution in [1.82, 2.24) is 15.5 Å². The monoisotopic (exact) mass is 317 g/mol. The maximum Gasteiger partial charge on any atom is 0.328 e. The normalized spacial score (nSPS) is 11.6. The molecule has 0 spiro atoms. The van der Waals surface area contributed by atoms with Gasteiger partial charge in [0, 0.05) is 0 Å². The Balaban J connectivity index is 1.93. The number of carbonyl (C=O) groups is 2. The fraction of sp³-hybridized carbons (Fsp3) is 0.312. The predicted octanol–water partition coefficient (Wildman–Crippen LogP) is 1.67. The van der Waals surface area contributed by atoms with Gasteiger partial charge in [-0.15, -0.1) is 0 Å². The van der Waals surface area contributed by atoms with Crippen LogP contribution in [0.5, 0.6) is 5.75 Å². The summed E-state index contributed by atoms with van der Waals surface area (Å²) in [7, 11) is 1.28. The number of methoxy groups -OCH3 is 1. The average molecular weight is 317 g/mol. The SMILES string of the molecule is CCC(NC(=O)c1cc(COc2ccccc2)[nH]n1)C(=O)OC. The zero-order chi connectivity index (χ0) is 16.7. The van der Waals surface area contributed by atoms with E-state index < -0.39 is 17.9 Å². The van der Waals surface area contributed by atoms with Crippen molar-refractivity contribution in [3.8, 4) is 5.75 Å². The van der Waals surface area contributed by atoms with Gasteiger partial charge in [-0.25, -0.2) is 4.79 Å². The van der Waals surface area contributed by atoms with Gasteiger partial charge >= 0.3 is 5.97 Å². The Kier molecular flexibility index (Phi) is 5.74. The lowest BCUT2D eigenvalue weighted by atomic mass is 10.2. The molecule has 1 aromatic heterocycles. The highest BCUT2D eigenvalue weighted by atomic mass is 16.5. The number of para-hydroxylation sites is 1. The standard InChI is InChI=1S/C16H19N3O4/c1-3-13(16(21)22-2)17-15(20)14-9-11(18-19-14)10-23-12-7-5-4-6-8-12/h4-9,13H,3,10H2,1-2H3,(H,17,20)(H,18,19). The molecule has 7 heteroatoms. The first-order valence-corrected chi connectivity index (χ1v) is 7.24. The second-order valence-corrected chi connectivity index (χ2v) is 4.84. The molecule has 0 aliphatic heterocycles. The Labute approximate surface area is 134 Å². The number of carbonyl (C=O) groups excluding carboxylic acids is 2. The summed E-state index contributed by atoms with van der Waals surface area (Å²) in [5.41, 5.74) is 0.851. The zero-order valence-electron chi connectivity index (χ0n) is 13.0. The number of ether oxygens (including phenoxy) is 2. The Morgan fingerprint density at radius 2 is 2.04 bits per heavy atom. The number of nitrogens with zero attached hydrogens (tertiary/aromatic N) is 1. The van der Waals surface area contributed by atoms with E-state index in [1.165, 1.54) is 7.11 Å². The molecule has 0 fully saturated rings. The van der Waals surface area contributed by atoms with Crippen LogP contribution in [-0.2, 0) is 16.1 Å². The van der Waals surface area contributed by atoms with Crippen LogP contribution in [0.25, 0.3) is 0 Å². The first kappa shape index (κ1) is 16.5. The maximum absolute atomic E-state index is 12.1. The molecule has 1 amide bonds. The molecule has 1 unspecified atom stereocenters. The van der Waals surface area contributed by atoms with Gasteiger partial charge in [0.15, 0.2) is 0 Å². The number of H-pyrrole nitrogens is 1. The van der Waals surface area contributed by atoms with Gasteiger partial charge in [-0.3, -0.25) is 9.89 Å². The van der Waals surface area contributed by atoms with Gasteiger partial charge in [0.2, 0.25) is 0 Å². The first-order chi connectivity index (χ1) is 11.1. The van der Waals surface area contributed by atoms with Crippen LogP contribution >= 0.6 is 0 Å². The topological polar surface area (TPSA) is 93.3 Å². The molecule has 0 saturated heterocycles. The molecule has 2 N–H and O–H groups in total. The number of hydrogen-bond donors (Lipinski definition) is 2. The van der Waals surface area contributed by atoms with E-state index in [4.69, 9.17) is 4.74 Å². The van der Waals surface area contributed by atoms with Crippen LogP contribution in [0.3, 0.4) is 0 Å². The number of amides is 1. The molecule has 0 aliphatic carbocycles. The summed E-state index contributed by atoms with van der Waals surface area (Å²) in [6, 6.07) is 10.2. The summed E-state index contributed by atoms with van der Waals surface area (Å²) in [6.07, 6.45) is 0.437. The molecule has 122 valence electrons. The first-order valence-electron chi connectivity index (χ1n) is 7.24. The molecular formula is C16H19N3O4. The van der Waals surface area contributed by atoms with Crippen LogP contribution in [-0.4, -0.2) is 35.2 Å². The van der Waals surface area contributed by atoms with E-state index in [-0.39, 0.29) is 12.3 Å². The van der Waals surface area contributed by atoms with E-state index in [1.807, 2.05) is 30.3 Å². The Morgan fingerprint density at radius 1 is 1.30 bits per heavy atom. The maximum atomic E-state index is 12.1. The quantitative estimate of drug-likeness (QED) is 0.758. The van der Waals surface area contributed by atoms with Gasteiger partial charge in [0.05, 0.1) is 12.8 Å². The number of rotatable bonds is 7. The largest absolute Gasteiger partial charge is 0.487 e. The number of hydrogen-bond acceptors (Lipinski definition) is 5. The fourth-order valence-corrected chi connectivity index (χ4v) is 1.93. The Hall–Kier alpha value is -2.83. The van der Waals surface area contributed by atoms with Crippen LogP contribution in [0.4, 0.5) is 0 Å². The van der Waals surface area contributed by atoms with Gasteiger partial charge in [0.25, 0.3) is 5.91 Å².